The number of carbonyl (C=O) groups excluding carboxylic acids is 1. The molecule has 1 atom stereocenters. The number of terminal acetylenes is 1. The summed E-state index contributed by atoms with van der Waals surface area (Å²) in [5.41, 5.74) is 5.44. The molecule has 1 unspecified atom stereocenters. The first-order valence-electron chi connectivity index (χ1n) is 3.23. The molecule has 0 bridgehead atoms. The predicted octanol–water partition coefficient (Wildman–Crippen LogP) is -0.821. The SMILES string of the molecule is C#CCN1CCC(N)C1=O. The first-order chi connectivity index (χ1) is 4.75. The van der Waals surface area contributed by atoms with Crippen molar-refractivity contribution in [3.05, 3.63) is 0 Å². The molecule has 0 aromatic rings. The van der Waals surface area contributed by atoms with Crippen LogP contribution in [0.1, 0.15) is 6.42 Å². The Kier molecular flexibility index (Phi) is 1.93. The van der Waals surface area contributed by atoms with E-state index in [9.17, 15) is 4.79 Å². The maximum absolute atomic E-state index is 11.0. The molecule has 54 valence electrons. The van der Waals surface area contributed by atoms with Gasteiger partial charge in [0, 0.05) is 6.54 Å². The minimum atomic E-state index is -0.312. The number of amides is 1. The third kappa shape index (κ3) is 1.12. The monoisotopic (exact) mass is 138 g/mol. The first kappa shape index (κ1) is 7.10. The summed E-state index contributed by atoms with van der Waals surface area (Å²) in [7, 11) is 0. The highest BCUT2D eigenvalue weighted by Gasteiger charge is 2.27. The number of likely N-dealkylation sites (tertiary alicyclic amines) is 1. The van der Waals surface area contributed by atoms with Gasteiger partial charge in [-0.05, 0) is 6.42 Å². The third-order valence-corrected chi connectivity index (χ3v) is 1.62. The number of hydrogen-bond donors (Lipinski definition) is 1. The van der Waals surface area contributed by atoms with Gasteiger partial charge in [0.1, 0.15) is 0 Å². The number of hydrogen-bond acceptors (Lipinski definition) is 2. The average Bonchev–Trinajstić information content (AvgIpc) is 2.20. The van der Waals surface area contributed by atoms with Crippen molar-refractivity contribution in [2.24, 2.45) is 5.73 Å². The molecule has 1 rings (SSSR count). The van der Waals surface area contributed by atoms with E-state index in [1.54, 1.807) is 4.90 Å². The van der Waals surface area contributed by atoms with E-state index in [0.29, 0.717) is 13.1 Å². The molecular formula is C7H10N2O. The quantitative estimate of drug-likeness (QED) is 0.481. The molecule has 0 aromatic heterocycles. The second-order valence-electron chi connectivity index (χ2n) is 2.36. The van der Waals surface area contributed by atoms with E-state index in [4.69, 9.17) is 12.2 Å². The van der Waals surface area contributed by atoms with Gasteiger partial charge in [-0.1, -0.05) is 5.92 Å². The van der Waals surface area contributed by atoms with Crippen LogP contribution in [0.5, 0.6) is 0 Å². The number of rotatable bonds is 1. The van der Waals surface area contributed by atoms with Gasteiger partial charge in [0.15, 0.2) is 0 Å². The van der Waals surface area contributed by atoms with Crippen LogP contribution in [0.25, 0.3) is 0 Å². The van der Waals surface area contributed by atoms with Crippen molar-refractivity contribution in [1.82, 2.24) is 4.90 Å². The van der Waals surface area contributed by atoms with Crippen molar-refractivity contribution < 1.29 is 4.79 Å². The summed E-state index contributed by atoms with van der Waals surface area (Å²) >= 11 is 0. The lowest BCUT2D eigenvalue weighted by molar-refractivity contribution is -0.128. The standard InChI is InChI=1S/C7H10N2O/c1-2-4-9-5-3-6(8)7(9)10/h1,6H,3-5,8H2. The van der Waals surface area contributed by atoms with E-state index >= 15 is 0 Å². The highest BCUT2D eigenvalue weighted by atomic mass is 16.2. The van der Waals surface area contributed by atoms with Gasteiger partial charge in [0.25, 0.3) is 0 Å². The van der Waals surface area contributed by atoms with Crippen molar-refractivity contribution in [1.29, 1.82) is 0 Å². The second kappa shape index (κ2) is 2.72. The molecule has 0 spiro atoms. The summed E-state index contributed by atoms with van der Waals surface area (Å²) < 4.78 is 0. The molecule has 3 heteroatoms. The Morgan fingerprint density at radius 2 is 2.60 bits per heavy atom. The van der Waals surface area contributed by atoms with Crippen LogP contribution in [0.2, 0.25) is 0 Å². The Hall–Kier alpha value is -1.01. The molecule has 0 saturated carbocycles. The summed E-state index contributed by atoms with van der Waals surface area (Å²) in [5.74, 6) is 2.39. The largest absolute Gasteiger partial charge is 0.330 e. The first-order valence-corrected chi connectivity index (χ1v) is 3.23. The van der Waals surface area contributed by atoms with E-state index < -0.39 is 0 Å². The molecule has 1 amide bonds. The zero-order valence-corrected chi connectivity index (χ0v) is 5.71. The molecule has 1 saturated heterocycles. The van der Waals surface area contributed by atoms with Gasteiger partial charge in [-0.15, -0.1) is 6.42 Å². The number of nitrogens with zero attached hydrogens (tertiary/aromatic N) is 1. The van der Waals surface area contributed by atoms with Crippen LogP contribution >= 0.6 is 0 Å². The van der Waals surface area contributed by atoms with E-state index in [0.717, 1.165) is 6.42 Å². The van der Waals surface area contributed by atoms with Gasteiger partial charge < -0.3 is 10.6 Å². The molecular weight excluding hydrogens is 128 g/mol. The van der Waals surface area contributed by atoms with Crippen LogP contribution in [-0.4, -0.2) is 29.9 Å². The summed E-state index contributed by atoms with van der Waals surface area (Å²) in [6.07, 6.45) is 5.77. The molecule has 1 aliphatic heterocycles. The number of nitrogens with two attached hydrogens (primary N) is 1. The molecule has 0 aromatic carbocycles. The lowest BCUT2D eigenvalue weighted by Gasteiger charge is -2.10. The van der Waals surface area contributed by atoms with Crippen LogP contribution in [0, 0.1) is 12.3 Å². The molecule has 0 aliphatic carbocycles. The second-order valence-corrected chi connectivity index (χ2v) is 2.36. The van der Waals surface area contributed by atoms with E-state index in [1.165, 1.54) is 0 Å². The van der Waals surface area contributed by atoms with Crippen LogP contribution in [-0.2, 0) is 4.79 Å². The average molecular weight is 138 g/mol. The van der Waals surface area contributed by atoms with Crippen LogP contribution < -0.4 is 5.73 Å². The van der Waals surface area contributed by atoms with Crippen molar-refractivity contribution in [3.63, 3.8) is 0 Å². The van der Waals surface area contributed by atoms with Gasteiger partial charge in [0.2, 0.25) is 5.91 Å². The Morgan fingerprint density at radius 1 is 1.90 bits per heavy atom. The van der Waals surface area contributed by atoms with Crippen molar-refractivity contribution in [2.45, 2.75) is 12.5 Å². The van der Waals surface area contributed by atoms with Gasteiger partial charge >= 0.3 is 0 Å². The fourth-order valence-electron chi connectivity index (χ4n) is 1.03. The Bertz CT molecular complexity index is 183. The maximum atomic E-state index is 11.0. The van der Waals surface area contributed by atoms with Crippen LogP contribution in [0.4, 0.5) is 0 Å². The third-order valence-electron chi connectivity index (χ3n) is 1.62. The Balaban J connectivity index is 2.51. The van der Waals surface area contributed by atoms with E-state index in [1.807, 2.05) is 0 Å². The maximum Gasteiger partial charge on any atom is 0.240 e. The fraction of sp³-hybridized carbons (Fsp3) is 0.571. The molecule has 10 heavy (non-hydrogen) atoms. The highest BCUT2D eigenvalue weighted by Crippen LogP contribution is 2.07. The summed E-state index contributed by atoms with van der Waals surface area (Å²) in [6, 6.07) is -0.312. The normalized spacial score (nSPS) is 25.0. The van der Waals surface area contributed by atoms with Gasteiger partial charge in [-0.25, -0.2) is 0 Å². The van der Waals surface area contributed by atoms with Crippen molar-refractivity contribution >= 4 is 5.91 Å². The molecule has 3 nitrogen and oxygen atoms in total. The smallest absolute Gasteiger partial charge is 0.240 e. The summed E-state index contributed by atoms with van der Waals surface area (Å²) in [5, 5.41) is 0. The minimum Gasteiger partial charge on any atom is -0.330 e. The molecule has 1 aliphatic rings. The van der Waals surface area contributed by atoms with E-state index in [-0.39, 0.29) is 11.9 Å². The lowest BCUT2D eigenvalue weighted by Crippen LogP contribution is -2.34. The van der Waals surface area contributed by atoms with Crippen molar-refractivity contribution in [3.8, 4) is 12.3 Å². The molecule has 1 fully saturated rings. The highest BCUT2D eigenvalue weighted by molar-refractivity contribution is 5.83. The van der Waals surface area contributed by atoms with Crippen LogP contribution in [0.3, 0.4) is 0 Å². The molecule has 2 N–H and O–H groups in total. The topological polar surface area (TPSA) is 46.3 Å². The number of carbonyl (C=O) groups is 1. The molecule has 1 heterocycles. The van der Waals surface area contributed by atoms with Gasteiger partial charge in [-0.2, -0.15) is 0 Å². The van der Waals surface area contributed by atoms with Crippen molar-refractivity contribution in [2.75, 3.05) is 13.1 Å². The summed E-state index contributed by atoms with van der Waals surface area (Å²) in [4.78, 5) is 12.6. The zero-order valence-electron chi connectivity index (χ0n) is 5.71. The van der Waals surface area contributed by atoms with Gasteiger partial charge in [0.05, 0.1) is 12.6 Å². The predicted molar refractivity (Wildman–Crippen MR) is 38.0 cm³/mol. The lowest BCUT2D eigenvalue weighted by atomic mass is 10.3. The van der Waals surface area contributed by atoms with Gasteiger partial charge in [-0.3, -0.25) is 4.79 Å². The Morgan fingerprint density at radius 3 is 3.00 bits per heavy atom. The fourth-order valence-corrected chi connectivity index (χ4v) is 1.03. The summed E-state index contributed by atoms with van der Waals surface area (Å²) in [6.45, 7) is 1.11. The van der Waals surface area contributed by atoms with Crippen LogP contribution in [0.15, 0.2) is 0 Å². The molecule has 0 radical (unpaired) electrons. The Labute approximate surface area is 60.2 Å². The van der Waals surface area contributed by atoms with E-state index in [2.05, 4.69) is 5.92 Å². The zero-order chi connectivity index (χ0) is 7.56. The minimum absolute atomic E-state index is 0.0158.